The van der Waals surface area contributed by atoms with Gasteiger partial charge in [-0.15, -0.1) is 0 Å². The molecule has 4 nitrogen and oxygen atoms in total. The first-order valence-corrected chi connectivity index (χ1v) is 11.2. The van der Waals surface area contributed by atoms with Gasteiger partial charge in [-0.05, 0) is 90.8 Å². The standard InChI is InChI=1S/C22H39N3OS/c1-21(2)13-18(14-22(3,4)24-21)23-20(27)25(16-19-11-8-12-26-19)15-17-9-6-5-7-10-17/h5-6,17-19,24H,7-16H2,1-4H3,(H,23,27)/t17-,19-/m1/s1. The van der Waals surface area contributed by atoms with Crippen LogP contribution in [0, 0.1) is 5.92 Å². The molecule has 0 radical (unpaired) electrons. The lowest BCUT2D eigenvalue weighted by Crippen LogP contribution is -2.63. The van der Waals surface area contributed by atoms with Gasteiger partial charge in [0.2, 0.25) is 0 Å². The van der Waals surface area contributed by atoms with Gasteiger partial charge in [0, 0.05) is 36.8 Å². The Kier molecular flexibility index (Phi) is 6.86. The molecule has 3 aliphatic rings. The molecule has 2 fully saturated rings. The SMILES string of the molecule is CC1(C)CC(NC(=S)N(C[C@@H]2CC=CCC2)C[C@H]2CCCO2)CC(C)(C)N1. The molecule has 0 aromatic carbocycles. The molecular formula is C22H39N3OS. The summed E-state index contributed by atoms with van der Waals surface area (Å²) in [5.74, 6) is 0.706. The van der Waals surface area contributed by atoms with Crippen LogP contribution >= 0.6 is 12.2 Å². The molecule has 1 aliphatic carbocycles. The average molecular weight is 394 g/mol. The first-order chi connectivity index (χ1) is 12.7. The topological polar surface area (TPSA) is 36.5 Å². The van der Waals surface area contributed by atoms with Gasteiger partial charge in [0.05, 0.1) is 6.10 Å². The van der Waals surface area contributed by atoms with Gasteiger partial charge >= 0.3 is 0 Å². The molecule has 5 heteroatoms. The maximum absolute atomic E-state index is 5.93. The molecular weight excluding hydrogens is 354 g/mol. The maximum Gasteiger partial charge on any atom is 0.169 e. The number of hydrogen-bond donors (Lipinski definition) is 2. The van der Waals surface area contributed by atoms with Gasteiger partial charge in [-0.3, -0.25) is 0 Å². The lowest BCUT2D eigenvalue weighted by atomic mass is 9.80. The Morgan fingerprint density at radius 1 is 1.15 bits per heavy atom. The van der Waals surface area contributed by atoms with Crippen molar-refractivity contribution in [1.82, 2.24) is 15.5 Å². The van der Waals surface area contributed by atoms with Crippen LogP contribution in [0.25, 0.3) is 0 Å². The predicted molar refractivity (Wildman–Crippen MR) is 117 cm³/mol. The second-order valence-corrected chi connectivity index (χ2v) is 10.5. The molecule has 2 N–H and O–H groups in total. The molecule has 0 unspecified atom stereocenters. The van der Waals surface area contributed by atoms with E-state index >= 15 is 0 Å². The van der Waals surface area contributed by atoms with Crippen LogP contribution in [0.4, 0.5) is 0 Å². The summed E-state index contributed by atoms with van der Waals surface area (Å²) in [5.41, 5.74) is 0.255. The van der Waals surface area contributed by atoms with Gasteiger partial charge in [-0.25, -0.2) is 0 Å². The number of thiocarbonyl (C=S) groups is 1. The number of allylic oxidation sites excluding steroid dienone is 2. The molecule has 27 heavy (non-hydrogen) atoms. The summed E-state index contributed by atoms with van der Waals surface area (Å²) in [5, 5.41) is 8.43. The Balaban J connectivity index is 1.63. The third-order valence-corrected chi connectivity index (χ3v) is 6.49. The van der Waals surface area contributed by atoms with E-state index < -0.39 is 0 Å². The molecule has 0 bridgehead atoms. The summed E-state index contributed by atoms with van der Waals surface area (Å²) in [6.45, 7) is 12.1. The minimum atomic E-state index is 0.128. The third-order valence-electron chi connectivity index (χ3n) is 6.11. The van der Waals surface area contributed by atoms with Crippen molar-refractivity contribution >= 4 is 17.3 Å². The van der Waals surface area contributed by atoms with Crippen molar-refractivity contribution in [3.05, 3.63) is 12.2 Å². The fourth-order valence-electron chi connectivity index (χ4n) is 5.30. The molecule has 2 saturated heterocycles. The summed E-state index contributed by atoms with van der Waals surface area (Å²) < 4.78 is 5.93. The molecule has 154 valence electrons. The fourth-order valence-corrected chi connectivity index (χ4v) is 5.61. The number of piperidine rings is 1. The van der Waals surface area contributed by atoms with E-state index in [-0.39, 0.29) is 11.1 Å². The molecule has 2 atom stereocenters. The quantitative estimate of drug-likeness (QED) is 0.545. The van der Waals surface area contributed by atoms with Crippen LogP contribution in [0.5, 0.6) is 0 Å². The molecule has 2 aliphatic heterocycles. The van der Waals surface area contributed by atoms with Gasteiger partial charge in [0.25, 0.3) is 0 Å². The van der Waals surface area contributed by atoms with E-state index in [2.05, 4.69) is 55.4 Å². The van der Waals surface area contributed by atoms with E-state index in [9.17, 15) is 0 Å². The van der Waals surface area contributed by atoms with Crippen LogP contribution in [-0.2, 0) is 4.74 Å². The van der Waals surface area contributed by atoms with Crippen LogP contribution in [0.15, 0.2) is 12.2 Å². The van der Waals surface area contributed by atoms with E-state index in [1.165, 1.54) is 25.7 Å². The minimum Gasteiger partial charge on any atom is -0.376 e. The molecule has 2 heterocycles. The molecule has 0 saturated carbocycles. The Bertz CT molecular complexity index is 524. The van der Waals surface area contributed by atoms with Gasteiger partial charge in [-0.1, -0.05) is 12.2 Å². The largest absolute Gasteiger partial charge is 0.376 e. The van der Waals surface area contributed by atoms with Gasteiger partial charge in [0.15, 0.2) is 5.11 Å². The van der Waals surface area contributed by atoms with Gasteiger partial charge < -0.3 is 20.3 Å². The highest BCUT2D eigenvalue weighted by Crippen LogP contribution is 2.29. The first kappa shape index (κ1) is 21.1. The number of hydrogen-bond acceptors (Lipinski definition) is 3. The summed E-state index contributed by atoms with van der Waals surface area (Å²) in [7, 11) is 0. The van der Waals surface area contributed by atoms with Crippen molar-refractivity contribution in [2.45, 2.75) is 95.9 Å². The van der Waals surface area contributed by atoms with E-state index in [1.54, 1.807) is 0 Å². The molecule has 0 amide bonds. The Morgan fingerprint density at radius 3 is 2.48 bits per heavy atom. The molecule has 0 aromatic heterocycles. The van der Waals surface area contributed by atoms with Crippen LogP contribution in [0.1, 0.15) is 72.6 Å². The molecule has 0 aromatic rings. The monoisotopic (exact) mass is 393 g/mol. The Labute approximate surface area is 171 Å². The second kappa shape index (κ2) is 8.79. The third kappa shape index (κ3) is 6.43. The van der Waals surface area contributed by atoms with Crippen molar-refractivity contribution in [3.8, 4) is 0 Å². The fraction of sp³-hybridized carbons (Fsp3) is 0.864. The average Bonchev–Trinajstić information content (AvgIpc) is 3.05. The van der Waals surface area contributed by atoms with E-state index in [0.29, 0.717) is 18.1 Å². The highest BCUT2D eigenvalue weighted by molar-refractivity contribution is 7.80. The van der Waals surface area contributed by atoms with Crippen molar-refractivity contribution in [3.63, 3.8) is 0 Å². The summed E-state index contributed by atoms with van der Waals surface area (Å²) in [6.07, 6.45) is 13.2. The smallest absolute Gasteiger partial charge is 0.169 e. The zero-order valence-electron chi connectivity index (χ0n) is 17.7. The van der Waals surface area contributed by atoms with Crippen molar-refractivity contribution in [2.75, 3.05) is 19.7 Å². The lowest BCUT2D eigenvalue weighted by molar-refractivity contribution is 0.0863. The van der Waals surface area contributed by atoms with Crippen LogP contribution < -0.4 is 10.6 Å². The minimum absolute atomic E-state index is 0.128. The number of nitrogens with one attached hydrogen (secondary N) is 2. The summed E-state index contributed by atoms with van der Waals surface area (Å²) in [6, 6.07) is 0.419. The summed E-state index contributed by atoms with van der Waals surface area (Å²) in [4.78, 5) is 2.41. The number of rotatable bonds is 5. The van der Waals surface area contributed by atoms with Gasteiger partial charge in [0.1, 0.15) is 0 Å². The lowest BCUT2D eigenvalue weighted by Gasteiger charge is -2.47. The highest BCUT2D eigenvalue weighted by atomic mass is 32.1. The number of nitrogens with zero attached hydrogens (tertiary/aromatic N) is 1. The molecule has 3 rings (SSSR count). The Hall–Kier alpha value is -0.650. The van der Waals surface area contributed by atoms with Crippen molar-refractivity contribution in [1.29, 1.82) is 0 Å². The van der Waals surface area contributed by atoms with Crippen LogP contribution in [0.2, 0.25) is 0 Å². The highest BCUT2D eigenvalue weighted by Gasteiger charge is 2.38. The van der Waals surface area contributed by atoms with Crippen LogP contribution in [0.3, 0.4) is 0 Å². The second-order valence-electron chi connectivity index (χ2n) is 10.1. The van der Waals surface area contributed by atoms with E-state index in [4.69, 9.17) is 17.0 Å². The van der Waals surface area contributed by atoms with Crippen LogP contribution in [-0.4, -0.2) is 52.9 Å². The van der Waals surface area contributed by atoms with Crippen molar-refractivity contribution < 1.29 is 4.74 Å². The van der Waals surface area contributed by atoms with E-state index in [0.717, 1.165) is 44.1 Å². The Morgan fingerprint density at radius 2 is 1.89 bits per heavy atom. The maximum atomic E-state index is 5.93. The summed E-state index contributed by atoms with van der Waals surface area (Å²) >= 11 is 5.93. The predicted octanol–water partition coefficient (Wildman–Crippen LogP) is 4.01. The van der Waals surface area contributed by atoms with Gasteiger partial charge in [-0.2, -0.15) is 0 Å². The number of ether oxygens (including phenoxy) is 1. The zero-order valence-corrected chi connectivity index (χ0v) is 18.5. The van der Waals surface area contributed by atoms with Crippen molar-refractivity contribution in [2.24, 2.45) is 5.92 Å². The normalized spacial score (nSPS) is 30.2. The first-order valence-electron chi connectivity index (χ1n) is 10.8. The molecule has 0 spiro atoms. The zero-order chi connectivity index (χ0) is 19.5. The van der Waals surface area contributed by atoms with E-state index in [1.807, 2.05) is 0 Å².